The third kappa shape index (κ3) is 6.41. The largest absolute Gasteiger partial charge is 0.749 e. The molecular formula is H4NO9P2S-. The fraction of sp³-hybridized carbons (Fsp3) is 0. The van der Waals surface area contributed by atoms with E-state index < -0.39 is 27.0 Å². The summed E-state index contributed by atoms with van der Waals surface area (Å²) in [6, 6.07) is 0. The molecule has 0 aliphatic rings. The van der Waals surface area contributed by atoms with Crippen molar-refractivity contribution < 1.29 is 40.6 Å². The molecule has 0 fully saturated rings. The van der Waals surface area contributed by atoms with Crippen LogP contribution in [0.4, 0.5) is 0 Å². The zero-order valence-corrected chi connectivity index (χ0v) is 8.24. The van der Waals surface area contributed by atoms with Gasteiger partial charge in [-0.25, -0.2) is 19.2 Å². The minimum absolute atomic E-state index is 3.34. The minimum atomic E-state index is -5.23. The molecule has 0 aromatic rings. The topological polar surface area (TPSA) is 168 Å². The summed E-state index contributed by atoms with van der Waals surface area (Å²) in [6.07, 6.45) is 0. The van der Waals surface area contributed by atoms with Gasteiger partial charge in [-0.3, -0.25) is 0 Å². The molecule has 0 saturated heterocycles. The van der Waals surface area contributed by atoms with Crippen LogP contribution in [0.5, 0.6) is 0 Å². The second kappa shape index (κ2) is 4.71. The van der Waals surface area contributed by atoms with E-state index in [-0.39, 0.29) is 0 Å². The van der Waals surface area contributed by atoms with Gasteiger partial charge in [0.1, 0.15) is 0 Å². The fourth-order valence-corrected chi connectivity index (χ4v) is 2.54. The van der Waals surface area contributed by atoms with Crippen molar-refractivity contribution in [3.8, 4) is 0 Å². The molecule has 0 aliphatic heterocycles. The number of rotatable bonds is 5. The fourth-order valence-electron chi connectivity index (χ4n) is 0.255. The maximum absolute atomic E-state index is 10.7. The summed E-state index contributed by atoms with van der Waals surface area (Å²) >= 11 is -3.36. The van der Waals surface area contributed by atoms with Crippen LogP contribution in [-0.2, 0) is 33.4 Å². The van der Waals surface area contributed by atoms with Crippen LogP contribution in [0.1, 0.15) is 0 Å². The summed E-state index contributed by atoms with van der Waals surface area (Å²) < 4.78 is 50.5. The van der Waals surface area contributed by atoms with Gasteiger partial charge in [0.25, 0.3) is 0 Å². The zero-order valence-electron chi connectivity index (χ0n) is 5.63. The van der Waals surface area contributed by atoms with Gasteiger partial charge in [-0.05, 0) is 0 Å². The first-order valence-electron chi connectivity index (χ1n) is 2.23. The number of nitrogens with two attached hydrogens (primary N) is 1. The first kappa shape index (κ1) is 13.3. The summed E-state index contributed by atoms with van der Waals surface area (Å²) in [5, 5.41) is 0. The Balaban J connectivity index is 4.57. The van der Waals surface area contributed by atoms with Crippen LogP contribution >= 0.6 is 15.6 Å². The lowest BCUT2D eigenvalue weighted by molar-refractivity contribution is 0.186. The molecule has 2 atom stereocenters. The molecule has 0 aromatic heterocycles. The van der Waals surface area contributed by atoms with E-state index in [4.69, 9.17) is 9.79 Å². The van der Waals surface area contributed by atoms with Gasteiger partial charge in [0.2, 0.25) is 0 Å². The van der Waals surface area contributed by atoms with Crippen molar-refractivity contribution in [3.63, 3.8) is 0 Å². The highest BCUT2D eigenvalue weighted by Crippen LogP contribution is 2.60. The van der Waals surface area contributed by atoms with Crippen LogP contribution < -0.4 is 5.90 Å². The van der Waals surface area contributed by atoms with Crippen molar-refractivity contribution in [2.24, 2.45) is 5.90 Å². The Hall–Kier alpha value is 0.330. The van der Waals surface area contributed by atoms with E-state index in [2.05, 4.69) is 18.8 Å². The number of hydrogen-bond acceptors (Lipinski definition) is 8. The molecule has 4 N–H and O–H groups in total. The smallest absolute Gasteiger partial charge is 0.512 e. The second-order valence-corrected chi connectivity index (χ2v) is 5.15. The SMILES string of the molecule is NOP(=O)(OS(=O)[O-])OP(=O)(O)O. The predicted octanol–water partition coefficient (Wildman–Crippen LogP) is -1.10. The molecule has 2 unspecified atom stereocenters. The van der Waals surface area contributed by atoms with Crippen molar-refractivity contribution in [2.75, 3.05) is 0 Å². The first-order valence-corrected chi connectivity index (χ1v) is 6.22. The zero-order chi connectivity index (χ0) is 10.7. The highest BCUT2D eigenvalue weighted by atomic mass is 32.2. The molecule has 0 amide bonds. The molecule has 80 valence electrons. The van der Waals surface area contributed by atoms with Gasteiger partial charge < -0.3 is 14.3 Å². The van der Waals surface area contributed by atoms with Crippen molar-refractivity contribution in [1.29, 1.82) is 0 Å². The monoisotopic (exact) mass is 256 g/mol. The Kier molecular flexibility index (Phi) is 4.83. The Morgan fingerprint density at radius 1 is 1.38 bits per heavy atom. The average Bonchev–Trinajstić information content (AvgIpc) is 1.81. The van der Waals surface area contributed by atoms with E-state index >= 15 is 0 Å². The number of phosphoric acid groups is 2. The van der Waals surface area contributed by atoms with E-state index in [0.29, 0.717) is 0 Å². The van der Waals surface area contributed by atoms with Crippen LogP contribution in [0.3, 0.4) is 0 Å². The van der Waals surface area contributed by atoms with Crippen LogP contribution in [0, 0.1) is 0 Å². The Labute approximate surface area is 74.3 Å². The van der Waals surface area contributed by atoms with Crippen molar-refractivity contribution in [3.05, 3.63) is 0 Å². The second-order valence-electron chi connectivity index (χ2n) is 1.40. The van der Waals surface area contributed by atoms with Crippen LogP contribution in [0.25, 0.3) is 0 Å². The normalized spacial score (nSPS) is 19.4. The third-order valence-corrected chi connectivity index (χ3v) is 3.61. The lowest BCUT2D eigenvalue weighted by Gasteiger charge is -2.15. The predicted molar refractivity (Wildman–Crippen MR) is 36.0 cm³/mol. The molecular weight excluding hydrogens is 252 g/mol. The van der Waals surface area contributed by atoms with E-state index in [0.717, 1.165) is 0 Å². The van der Waals surface area contributed by atoms with Crippen molar-refractivity contribution in [1.82, 2.24) is 0 Å². The summed E-state index contributed by atoms with van der Waals surface area (Å²) in [4.78, 5) is 16.2. The van der Waals surface area contributed by atoms with Crippen LogP contribution in [0.2, 0.25) is 0 Å². The minimum Gasteiger partial charge on any atom is -0.749 e. The van der Waals surface area contributed by atoms with E-state index in [1.165, 1.54) is 0 Å². The highest BCUT2D eigenvalue weighted by Gasteiger charge is 2.36. The molecule has 0 radical (unpaired) electrons. The molecule has 0 aromatic carbocycles. The van der Waals surface area contributed by atoms with E-state index in [1.807, 2.05) is 0 Å². The van der Waals surface area contributed by atoms with Crippen LogP contribution in [0.15, 0.2) is 0 Å². The lowest BCUT2D eigenvalue weighted by Crippen LogP contribution is -2.04. The van der Waals surface area contributed by atoms with Crippen molar-refractivity contribution >= 4 is 27.0 Å². The third-order valence-electron chi connectivity index (χ3n) is 0.488. The summed E-state index contributed by atoms with van der Waals surface area (Å²) in [5.41, 5.74) is 0. The maximum atomic E-state index is 10.7. The number of hydrogen-bond donors (Lipinski definition) is 3. The standard InChI is InChI=1S/H5NO9P2S/c1-8-12(5,10-13(6)7)9-11(2,3)4/h1H2,(H,6,7)(H2,2,3,4)/p-1. The molecule has 0 aliphatic carbocycles. The van der Waals surface area contributed by atoms with Crippen molar-refractivity contribution in [2.45, 2.75) is 0 Å². The van der Waals surface area contributed by atoms with Gasteiger partial charge in [-0.15, -0.1) is 0 Å². The van der Waals surface area contributed by atoms with Crippen LogP contribution in [-0.4, -0.2) is 18.5 Å². The van der Waals surface area contributed by atoms with Gasteiger partial charge in [-0.1, -0.05) is 0 Å². The van der Waals surface area contributed by atoms with Gasteiger partial charge in [-0.2, -0.15) is 12.9 Å². The van der Waals surface area contributed by atoms with E-state index in [9.17, 15) is 17.9 Å². The van der Waals surface area contributed by atoms with Gasteiger partial charge in [0.15, 0.2) is 0 Å². The quantitative estimate of drug-likeness (QED) is 0.311. The summed E-state index contributed by atoms with van der Waals surface area (Å²) in [7, 11) is -10.2. The molecule has 13 heteroatoms. The Morgan fingerprint density at radius 2 is 1.85 bits per heavy atom. The lowest BCUT2D eigenvalue weighted by atomic mass is 13.6. The highest BCUT2D eigenvalue weighted by molar-refractivity contribution is 7.80. The first-order chi connectivity index (χ1) is 5.68. The molecule has 0 saturated carbocycles. The molecule has 10 nitrogen and oxygen atoms in total. The molecule has 0 rings (SSSR count). The molecule has 0 spiro atoms. The van der Waals surface area contributed by atoms with Gasteiger partial charge in [0, 0.05) is 0 Å². The molecule has 0 heterocycles. The summed E-state index contributed by atoms with van der Waals surface area (Å²) in [5.74, 6) is 4.23. The van der Waals surface area contributed by atoms with E-state index in [1.54, 1.807) is 0 Å². The van der Waals surface area contributed by atoms with Gasteiger partial charge in [0.05, 0.1) is 11.4 Å². The summed E-state index contributed by atoms with van der Waals surface area (Å²) in [6.45, 7) is 0. The van der Waals surface area contributed by atoms with Gasteiger partial charge >= 0.3 is 15.6 Å². The average molecular weight is 256 g/mol. The Bertz CT molecular complexity index is 277. The molecule has 0 bridgehead atoms. The molecule has 13 heavy (non-hydrogen) atoms. The maximum Gasteiger partial charge on any atom is 0.512 e. The Morgan fingerprint density at radius 3 is 2.08 bits per heavy atom.